The van der Waals surface area contributed by atoms with Crippen molar-refractivity contribution in [3.63, 3.8) is 0 Å². The molecule has 1 saturated heterocycles. The fourth-order valence-corrected chi connectivity index (χ4v) is 2.00. The second-order valence-electron chi connectivity index (χ2n) is 3.81. The summed E-state index contributed by atoms with van der Waals surface area (Å²) in [4.78, 5) is 13.7. The average Bonchev–Trinajstić information content (AvgIpc) is 2.72. The number of carbonyl (C=O) groups is 1. The van der Waals surface area contributed by atoms with Crippen molar-refractivity contribution in [1.29, 1.82) is 0 Å². The third-order valence-electron chi connectivity index (χ3n) is 2.88. The zero-order valence-corrected chi connectivity index (χ0v) is 9.07. The lowest BCUT2D eigenvalue weighted by Gasteiger charge is -2.28. The number of nitrogens with zero attached hydrogens (tertiary/aromatic N) is 1. The molecule has 1 aliphatic rings. The Bertz CT molecular complexity index is 260. The number of nitrogens with one attached hydrogen (secondary N) is 1. The molecule has 0 bridgehead atoms. The van der Waals surface area contributed by atoms with Crippen molar-refractivity contribution in [2.75, 3.05) is 19.7 Å². The van der Waals surface area contributed by atoms with E-state index in [2.05, 4.69) is 11.2 Å². The first kappa shape index (κ1) is 12.0. The molecule has 1 heterocycles. The van der Waals surface area contributed by atoms with Crippen LogP contribution in [0.2, 0.25) is 0 Å². The molecule has 1 rings (SSSR count). The molecule has 0 radical (unpaired) electrons. The molecule has 2 atom stereocenters. The molecule has 0 aliphatic carbocycles. The number of hydrogen-bond acceptors (Lipinski definition) is 3. The Morgan fingerprint density at radius 1 is 1.80 bits per heavy atom. The average molecular weight is 210 g/mol. The third kappa shape index (κ3) is 2.95. The van der Waals surface area contributed by atoms with Gasteiger partial charge in [-0.25, -0.2) is 0 Å². The first-order chi connectivity index (χ1) is 7.20. The van der Waals surface area contributed by atoms with E-state index in [-0.39, 0.29) is 31.1 Å². The normalized spacial score (nSPS) is 23.4. The van der Waals surface area contributed by atoms with Crippen LogP contribution < -0.4 is 5.32 Å². The zero-order chi connectivity index (χ0) is 11.3. The van der Waals surface area contributed by atoms with Gasteiger partial charge in [-0.1, -0.05) is 5.92 Å². The lowest BCUT2D eigenvalue weighted by atomic mass is 10.2. The molecule has 0 saturated carbocycles. The van der Waals surface area contributed by atoms with Crippen LogP contribution in [0.5, 0.6) is 0 Å². The molecule has 0 aromatic rings. The Balaban J connectivity index is 2.48. The molecule has 0 aromatic heterocycles. The number of amides is 1. The SMILES string of the molecule is C#CCNC(=O)C(C)N1CCCC1CO. The minimum atomic E-state index is -0.210. The van der Waals surface area contributed by atoms with Crippen molar-refractivity contribution in [1.82, 2.24) is 10.2 Å². The fourth-order valence-electron chi connectivity index (χ4n) is 2.00. The second-order valence-corrected chi connectivity index (χ2v) is 3.81. The van der Waals surface area contributed by atoms with Crippen LogP contribution in [0.1, 0.15) is 19.8 Å². The number of terminal acetylenes is 1. The van der Waals surface area contributed by atoms with E-state index in [4.69, 9.17) is 11.5 Å². The summed E-state index contributed by atoms with van der Waals surface area (Å²) >= 11 is 0. The number of likely N-dealkylation sites (tertiary alicyclic amines) is 1. The Hall–Kier alpha value is -1.05. The van der Waals surface area contributed by atoms with E-state index in [1.165, 1.54) is 0 Å². The summed E-state index contributed by atoms with van der Waals surface area (Å²) < 4.78 is 0. The Morgan fingerprint density at radius 3 is 3.13 bits per heavy atom. The van der Waals surface area contributed by atoms with Crippen molar-refractivity contribution >= 4 is 5.91 Å². The van der Waals surface area contributed by atoms with Crippen molar-refractivity contribution in [2.45, 2.75) is 31.8 Å². The molecule has 4 heteroatoms. The Labute approximate surface area is 90.6 Å². The molecule has 0 aromatic carbocycles. The van der Waals surface area contributed by atoms with Gasteiger partial charge in [0.15, 0.2) is 0 Å². The van der Waals surface area contributed by atoms with Crippen LogP contribution in [-0.4, -0.2) is 47.7 Å². The quantitative estimate of drug-likeness (QED) is 0.620. The van der Waals surface area contributed by atoms with Crippen LogP contribution in [-0.2, 0) is 4.79 Å². The maximum atomic E-state index is 11.6. The molecular formula is C11H18N2O2. The van der Waals surface area contributed by atoms with Gasteiger partial charge < -0.3 is 10.4 Å². The van der Waals surface area contributed by atoms with E-state index in [0.29, 0.717) is 0 Å². The minimum Gasteiger partial charge on any atom is -0.395 e. The van der Waals surface area contributed by atoms with Crippen molar-refractivity contribution in [3.8, 4) is 12.3 Å². The van der Waals surface area contributed by atoms with E-state index in [9.17, 15) is 4.79 Å². The summed E-state index contributed by atoms with van der Waals surface area (Å²) in [5.74, 6) is 2.31. The van der Waals surface area contributed by atoms with E-state index in [1.807, 2.05) is 11.8 Å². The van der Waals surface area contributed by atoms with Crippen LogP contribution in [0, 0.1) is 12.3 Å². The Kier molecular flexibility index (Phi) is 4.60. The van der Waals surface area contributed by atoms with Gasteiger partial charge in [-0.15, -0.1) is 6.42 Å². The van der Waals surface area contributed by atoms with Gasteiger partial charge in [0.25, 0.3) is 0 Å². The minimum absolute atomic E-state index is 0.0618. The summed E-state index contributed by atoms with van der Waals surface area (Å²) in [6.07, 6.45) is 7.07. The summed E-state index contributed by atoms with van der Waals surface area (Å²) in [5, 5.41) is 11.8. The van der Waals surface area contributed by atoms with Gasteiger partial charge in [-0.3, -0.25) is 9.69 Å². The van der Waals surface area contributed by atoms with Crippen molar-refractivity contribution < 1.29 is 9.90 Å². The molecule has 2 N–H and O–H groups in total. The van der Waals surface area contributed by atoms with Gasteiger partial charge in [0.05, 0.1) is 19.2 Å². The molecule has 4 nitrogen and oxygen atoms in total. The summed E-state index contributed by atoms with van der Waals surface area (Å²) in [6, 6.07) is -0.0883. The molecule has 1 fully saturated rings. The molecule has 1 aliphatic heterocycles. The highest BCUT2D eigenvalue weighted by atomic mass is 16.3. The highest BCUT2D eigenvalue weighted by Crippen LogP contribution is 2.19. The van der Waals surface area contributed by atoms with Gasteiger partial charge in [0.2, 0.25) is 5.91 Å². The van der Waals surface area contributed by atoms with Crippen molar-refractivity contribution in [3.05, 3.63) is 0 Å². The Morgan fingerprint density at radius 2 is 2.53 bits per heavy atom. The fraction of sp³-hybridized carbons (Fsp3) is 0.727. The predicted octanol–water partition coefficient (Wildman–Crippen LogP) is -0.419. The van der Waals surface area contributed by atoms with Crippen LogP contribution >= 0.6 is 0 Å². The maximum Gasteiger partial charge on any atom is 0.237 e. The lowest BCUT2D eigenvalue weighted by molar-refractivity contribution is -0.126. The second kappa shape index (κ2) is 5.74. The van der Waals surface area contributed by atoms with Gasteiger partial charge in [-0.05, 0) is 26.3 Å². The number of rotatable bonds is 4. The van der Waals surface area contributed by atoms with Crippen LogP contribution in [0.15, 0.2) is 0 Å². The van der Waals surface area contributed by atoms with Crippen LogP contribution in [0.4, 0.5) is 0 Å². The highest BCUT2D eigenvalue weighted by molar-refractivity contribution is 5.81. The third-order valence-corrected chi connectivity index (χ3v) is 2.88. The lowest BCUT2D eigenvalue weighted by Crippen LogP contribution is -2.48. The van der Waals surface area contributed by atoms with Gasteiger partial charge >= 0.3 is 0 Å². The largest absolute Gasteiger partial charge is 0.395 e. The molecule has 0 spiro atoms. The smallest absolute Gasteiger partial charge is 0.237 e. The first-order valence-corrected chi connectivity index (χ1v) is 5.28. The van der Waals surface area contributed by atoms with E-state index >= 15 is 0 Å². The van der Waals surface area contributed by atoms with Gasteiger partial charge in [0.1, 0.15) is 0 Å². The molecule has 84 valence electrons. The van der Waals surface area contributed by atoms with Gasteiger partial charge in [0, 0.05) is 6.04 Å². The predicted molar refractivity (Wildman–Crippen MR) is 58.1 cm³/mol. The summed E-state index contributed by atoms with van der Waals surface area (Å²) in [5.41, 5.74) is 0. The first-order valence-electron chi connectivity index (χ1n) is 5.28. The summed E-state index contributed by atoms with van der Waals surface area (Å²) in [6.45, 7) is 3.10. The summed E-state index contributed by atoms with van der Waals surface area (Å²) in [7, 11) is 0. The monoisotopic (exact) mass is 210 g/mol. The number of carbonyl (C=O) groups excluding carboxylic acids is 1. The topological polar surface area (TPSA) is 52.6 Å². The van der Waals surface area contributed by atoms with Gasteiger partial charge in [-0.2, -0.15) is 0 Å². The highest BCUT2D eigenvalue weighted by Gasteiger charge is 2.31. The number of aliphatic hydroxyl groups excluding tert-OH is 1. The van der Waals surface area contributed by atoms with Crippen LogP contribution in [0.3, 0.4) is 0 Å². The standard InChI is InChI=1S/C11H18N2O2/c1-3-6-12-11(15)9(2)13-7-4-5-10(13)8-14/h1,9-10,14H,4-8H2,2H3,(H,12,15). The molecule has 1 amide bonds. The molecule has 2 unspecified atom stereocenters. The molecular weight excluding hydrogens is 192 g/mol. The van der Waals surface area contributed by atoms with Crippen molar-refractivity contribution in [2.24, 2.45) is 0 Å². The number of aliphatic hydroxyl groups is 1. The number of hydrogen-bond donors (Lipinski definition) is 2. The zero-order valence-electron chi connectivity index (χ0n) is 9.07. The van der Waals surface area contributed by atoms with E-state index in [1.54, 1.807) is 0 Å². The molecule has 15 heavy (non-hydrogen) atoms. The maximum absolute atomic E-state index is 11.6. The van der Waals surface area contributed by atoms with E-state index in [0.717, 1.165) is 19.4 Å². The van der Waals surface area contributed by atoms with E-state index < -0.39 is 0 Å². The van der Waals surface area contributed by atoms with Crippen LogP contribution in [0.25, 0.3) is 0 Å².